The molecule has 3 aromatic rings. The highest BCUT2D eigenvalue weighted by Gasteiger charge is 2.40. The normalized spacial score (nSPS) is 26.0. The van der Waals surface area contributed by atoms with Crippen molar-refractivity contribution in [2.24, 2.45) is 5.92 Å². The zero-order valence-electron chi connectivity index (χ0n) is 35.1. The molecule has 1 unspecified atom stereocenters. The van der Waals surface area contributed by atoms with Gasteiger partial charge in [0.05, 0.1) is 22.1 Å². The predicted molar refractivity (Wildman–Crippen MR) is 225 cm³/mol. The van der Waals surface area contributed by atoms with Gasteiger partial charge in [-0.05, 0) is 106 Å². The van der Waals surface area contributed by atoms with Crippen LogP contribution in [0.25, 0.3) is 0 Å². The lowest BCUT2D eigenvalue weighted by Crippen LogP contribution is -2.58. The van der Waals surface area contributed by atoms with Crippen LogP contribution < -0.4 is 25.2 Å². The molecule has 1 saturated carbocycles. The number of aliphatic hydroxyl groups is 1. The average Bonchev–Trinajstić information content (AvgIpc) is 3.20. The van der Waals surface area contributed by atoms with E-state index in [1.807, 2.05) is 0 Å². The largest absolute Gasteiger partial charge is 0.421 e. The van der Waals surface area contributed by atoms with Crippen LogP contribution in [0.15, 0.2) is 47.5 Å². The van der Waals surface area contributed by atoms with Crippen LogP contribution in [0, 0.1) is 18.7 Å². The number of rotatable bonds is 11. The predicted octanol–water partition coefficient (Wildman–Crippen LogP) is 4.90. The highest BCUT2D eigenvalue weighted by Crippen LogP contribution is 2.38. The van der Waals surface area contributed by atoms with Crippen molar-refractivity contribution in [3.05, 3.63) is 65.1 Å². The maximum absolute atomic E-state index is 15.3. The Labute approximate surface area is 359 Å². The fraction of sp³-hybridized carbons (Fsp3) is 0.581. The Morgan fingerprint density at radius 1 is 0.968 bits per heavy atom. The van der Waals surface area contributed by atoms with Gasteiger partial charge in [-0.2, -0.15) is 18.2 Å². The van der Waals surface area contributed by atoms with E-state index in [1.54, 1.807) is 32.0 Å². The van der Waals surface area contributed by atoms with Crippen molar-refractivity contribution >= 4 is 45.0 Å². The molecule has 5 fully saturated rings. The number of sulfonamides is 1. The van der Waals surface area contributed by atoms with Gasteiger partial charge in [-0.15, -0.1) is 0 Å². The van der Waals surface area contributed by atoms with Gasteiger partial charge in [0.25, 0.3) is 0 Å². The number of halogens is 4. The molecule has 14 nitrogen and oxygen atoms in total. The molecule has 4 aliphatic heterocycles. The lowest BCUT2D eigenvalue weighted by molar-refractivity contribution is -0.138. The first-order chi connectivity index (χ1) is 29.4. The lowest BCUT2D eigenvalue weighted by Gasteiger charge is -2.47. The van der Waals surface area contributed by atoms with Crippen LogP contribution in [0.1, 0.15) is 80.9 Å². The highest BCUT2D eigenvalue weighted by molar-refractivity contribution is 7.89. The minimum atomic E-state index is -4.70. The number of nitrogens with zero attached hydrogens (tertiary/aromatic N) is 6. The van der Waals surface area contributed by atoms with Gasteiger partial charge >= 0.3 is 6.18 Å². The summed E-state index contributed by atoms with van der Waals surface area (Å²) in [5.41, 5.74) is -0.0252. The Morgan fingerprint density at radius 2 is 1.71 bits per heavy atom. The molecule has 8 rings (SSSR count). The maximum Gasteiger partial charge on any atom is 0.421 e. The minimum Gasteiger partial charge on any atom is -0.388 e. The van der Waals surface area contributed by atoms with Crippen LogP contribution in [-0.2, 0) is 25.8 Å². The van der Waals surface area contributed by atoms with Crippen LogP contribution in [0.4, 0.5) is 40.7 Å². The van der Waals surface area contributed by atoms with E-state index in [0.717, 1.165) is 64.9 Å². The third kappa shape index (κ3) is 10.0. The number of piperidine rings is 3. The van der Waals surface area contributed by atoms with Gasteiger partial charge in [0.2, 0.25) is 27.8 Å². The first-order valence-corrected chi connectivity index (χ1v) is 23.1. The van der Waals surface area contributed by atoms with Crippen molar-refractivity contribution in [3.8, 4) is 0 Å². The number of carbonyl (C=O) groups is 2. The van der Waals surface area contributed by atoms with Crippen molar-refractivity contribution in [2.75, 3.05) is 74.0 Å². The van der Waals surface area contributed by atoms with Gasteiger partial charge in [-0.3, -0.25) is 19.8 Å². The Morgan fingerprint density at radius 3 is 2.37 bits per heavy atom. The second-order valence-corrected chi connectivity index (χ2v) is 19.7. The molecule has 1 aromatic heterocycles. The van der Waals surface area contributed by atoms with E-state index >= 15 is 4.39 Å². The summed E-state index contributed by atoms with van der Waals surface area (Å²) < 4.78 is 86.8. The number of nitrogens with one attached hydrogen (secondary N) is 3. The number of hydrogen-bond donors (Lipinski definition) is 4. The van der Waals surface area contributed by atoms with E-state index in [9.17, 15) is 36.3 Å². The number of piperazine rings is 1. The van der Waals surface area contributed by atoms with E-state index in [1.165, 1.54) is 23.1 Å². The zero-order chi connectivity index (χ0) is 44.0. The first kappa shape index (κ1) is 44.2. The van der Waals surface area contributed by atoms with Crippen LogP contribution in [0.5, 0.6) is 0 Å². The monoisotopic (exact) mass is 885 g/mol. The van der Waals surface area contributed by atoms with Crippen LogP contribution in [0.2, 0.25) is 0 Å². The fourth-order valence-corrected chi connectivity index (χ4v) is 11.0. The topological polar surface area (TPSA) is 163 Å². The van der Waals surface area contributed by atoms with Crippen molar-refractivity contribution in [1.29, 1.82) is 0 Å². The number of aromatic nitrogens is 2. The zero-order valence-corrected chi connectivity index (χ0v) is 35.9. The molecule has 2 atom stereocenters. The summed E-state index contributed by atoms with van der Waals surface area (Å²) in [5, 5.41) is 15.8. The fourth-order valence-electron chi connectivity index (χ4n) is 9.65. The van der Waals surface area contributed by atoms with E-state index in [2.05, 4.69) is 40.0 Å². The minimum absolute atomic E-state index is 0.00685. The van der Waals surface area contributed by atoms with Crippen molar-refractivity contribution in [1.82, 2.24) is 29.8 Å². The molecule has 5 heterocycles. The molecule has 5 aliphatic rings. The summed E-state index contributed by atoms with van der Waals surface area (Å²) in [7, 11) is -3.84. The maximum atomic E-state index is 15.3. The van der Waals surface area contributed by atoms with E-state index in [-0.39, 0.29) is 53.3 Å². The van der Waals surface area contributed by atoms with Crippen LogP contribution in [-0.4, -0.2) is 122 Å². The Bertz CT molecular complexity index is 2260. The summed E-state index contributed by atoms with van der Waals surface area (Å²) in [6.07, 6.45) is 0.969. The molecular weight excluding hydrogens is 831 g/mol. The van der Waals surface area contributed by atoms with E-state index < -0.39 is 33.3 Å². The van der Waals surface area contributed by atoms with Gasteiger partial charge in [-0.25, -0.2) is 22.5 Å². The number of amides is 2. The number of anilines is 4. The number of benzene rings is 2. The second kappa shape index (κ2) is 17.6. The van der Waals surface area contributed by atoms with Crippen molar-refractivity contribution in [2.45, 2.75) is 99.9 Å². The van der Waals surface area contributed by atoms with Crippen molar-refractivity contribution < 1.29 is 40.7 Å². The van der Waals surface area contributed by atoms with Gasteiger partial charge in [0.1, 0.15) is 17.2 Å². The second-order valence-electron chi connectivity index (χ2n) is 18.0. The highest BCUT2D eigenvalue weighted by atomic mass is 32.2. The van der Waals surface area contributed by atoms with Gasteiger partial charge in [-0.1, -0.05) is 6.07 Å². The molecule has 0 spiro atoms. The standard InChI is InChI=1S/C43H55F4N9O5S/c1-27-20-32(5-7-36(27)49-41-48-24-34(43(45,46)47)39(51-41)56-13-3-12-42(2,59)26-56)62(60,61)52-30-22-31(23-30)54-18-16-53(17-19-54)25-28-10-14-55(15-11-28)37-8-4-29(21-35(37)44)33-6-9-38(57)50-40(33)58/h4-5,7-8,20-21,24,28,30-31,33,52,59H,3,6,9-19,22-23,25-26H2,1-2H3,(H,48,49,51)(H,50,57,58)/t30?,31?,33?,42-/m0/s1. The molecule has 2 amide bonds. The average molecular weight is 886 g/mol. The molecule has 0 radical (unpaired) electrons. The third-order valence-corrected chi connectivity index (χ3v) is 14.8. The first-order valence-electron chi connectivity index (χ1n) is 21.6. The molecule has 4 saturated heterocycles. The van der Waals surface area contributed by atoms with E-state index in [4.69, 9.17) is 0 Å². The van der Waals surface area contributed by atoms with Crippen LogP contribution in [0.3, 0.4) is 0 Å². The number of carbonyl (C=O) groups excluding carboxylic acids is 2. The quantitative estimate of drug-likeness (QED) is 0.153. The molecule has 0 bridgehead atoms. The Hall–Kier alpha value is -4.43. The molecule has 19 heteroatoms. The number of imide groups is 1. The summed E-state index contributed by atoms with van der Waals surface area (Å²) in [4.78, 5) is 40.4. The summed E-state index contributed by atoms with van der Waals surface area (Å²) in [5.74, 6) is -1.41. The lowest BCUT2D eigenvalue weighted by atomic mass is 9.86. The number of aryl methyl sites for hydroxylation is 1. The van der Waals surface area contributed by atoms with Gasteiger partial charge in [0.15, 0.2) is 0 Å². The van der Waals surface area contributed by atoms with Crippen molar-refractivity contribution in [3.63, 3.8) is 0 Å². The smallest absolute Gasteiger partial charge is 0.388 e. The molecule has 62 heavy (non-hydrogen) atoms. The molecular formula is C43H55F4N9O5S. The SMILES string of the molecule is Cc1cc(S(=O)(=O)NC2CC(N3CCN(CC4CCN(c5ccc(C6CCC(=O)NC6=O)cc5F)CC4)CC3)C2)ccc1Nc1ncc(C(F)(F)F)c(N2CCC[C@](C)(O)C2)n1. The van der Waals surface area contributed by atoms with Crippen LogP contribution >= 0.6 is 0 Å². The van der Waals surface area contributed by atoms with Gasteiger partial charge < -0.3 is 25.1 Å². The Balaban J connectivity index is 0.775. The van der Waals surface area contributed by atoms with E-state index in [0.29, 0.717) is 73.1 Å². The summed E-state index contributed by atoms with van der Waals surface area (Å²) >= 11 is 0. The number of hydrogen-bond acceptors (Lipinski definition) is 12. The molecule has 336 valence electrons. The molecule has 2 aromatic carbocycles. The Kier molecular flexibility index (Phi) is 12.6. The molecule has 1 aliphatic carbocycles. The number of alkyl halides is 3. The van der Waals surface area contributed by atoms with Gasteiger partial charge in [0, 0.05) is 89.3 Å². The summed E-state index contributed by atoms with van der Waals surface area (Å²) in [6.45, 7) is 9.75. The molecule has 4 N–H and O–H groups in total. The summed E-state index contributed by atoms with van der Waals surface area (Å²) in [6, 6.07) is 9.61. The number of β-amino-alcohol motifs (C(OH)–C–C–N with tert-alkyl or cyclic N) is 1. The third-order valence-electron chi connectivity index (χ3n) is 13.2.